The number of aryl methyl sites for hydroxylation is 1. The van der Waals surface area contributed by atoms with Crippen LogP contribution in [0.2, 0.25) is 0 Å². The molecule has 2 nitrogen and oxygen atoms in total. The zero-order valence-electron chi connectivity index (χ0n) is 8.66. The molecule has 0 heterocycles. The SMILES string of the molecule is CCc1ccccc1NC1CC(N)C1. The van der Waals surface area contributed by atoms with E-state index >= 15 is 0 Å². The van der Waals surface area contributed by atoms with Crippen LogP contribution in [0.3, 0.4) is 0 Å². The van der Waals surface area contributed by atoms with Crippen LogP contribution in [0.1, 0.15) is 25.3 Å². The molecule has 0 saturated heterocycles. The van der Waals surface area contributed by atoms with E-state index in [4.69, 9.17) is 5.73 Å². The zero-order chi connectivity index (χ0) is 9.97. The van der Waals surface area contributed by atoms with E-state index in [1.807, 2.05) is 0 Å². The van der Waals surface area contributed by atoms with E-state index in [-0.39, 0.29) is 0 Å². The average molecular weight is 190 g/mol. The lowest BCUT2D eigenvalue weighted by atomic mass is 9.87. The van der Waals surface area contributed by atoms with E-state index in [1.165, 1.54) is 11.3 Å². The highest BCUT2D eigenvalue weighted by atomic mass is 15.0. The van der Waals surface area contributed by atoms with Crippen molar-refractivity contribution in [1.29, 1.82) is 0 Å². The summed E-state index contributed by atoms with van der Waals surface area (Å²) in [4.78, 5) is 0. The quantitative estimate of drug-likeness (QED) is 0.766. The Bertz CT molecular complexity index is 303. The molecule has 1 fully saturated rings. The van der Waals surface area contributed by atoms with Crippen LogP contribution >= 0.6 is 0 Å². The molecule has 76 valence electrons. The lowest BCUT2D eigenvalue weighted by Gasteiger charge is -2.34. The van der Waals surface area contributed by atoms with Crippen LogP contribution in [0.15, 0.2) is 24.3 Å². The number of rotatable bonds is 3. The Morgan fingerprint density at radius 3 is 2.71 bits per heavy atom. The summed E-state index contributed by atoms with van der Waals surface area (Å²) in [6.45, 7) is 2.19. The van der Waals surface area contributed by atoms with E-state index in [2.05, 4.69) is 36.5 Å². The molecule has 0 unspecified atom stereocenters. The molecule has 0 radical (unpaired) electrons. The van der Waals surface area contributed by atoms with E-state index < -0.39 is 0 Å². The first kappa shape index (κ1) is 9.53. The van der Waals surface area contributed by atoms with Gasteiger partial charge in [0.05, 0.1) is 0 Å². The molecule has 14 heavy (non-hydrogen) atoms. The van der Waals surface area contributed by atoms with Gasteiger partial charge in [-0.25, -0.2) is 0 Å². The van der Waals surface area contributed by atoms with Crippen molar-refractivity contribution >= 4 is 5.69 Å². The van der Waals surface area contributed by atoms with Crippen molar-refractivity contribution in [1.82, 2.24) is 0 Å². The van der Waals surface area contributed by atoms with Crippen LogP contribution < -0.4 is 11.1 Å². The summed E-state index contributed by atoms with van der Waals surface area (Å²) in [6, 6.07) is 9.53. The first-order valence-electron chi connectivity index (χ1n) is 5.39. The molecule has 0 aliphatic heterocycles. The van der Waals surface area contributed by atoms with Gasteiger partial charge in [-0.1, -0.05) is 25.1 Å². The minimum absolute atomic E-state index is 0.418. The number of hydrogen-bond donors (Lipinski definition) is 2. The highest BCUT2D eigenvalue weighted by molar-refractivity contribution is 5.52. The number of hydrogen-bond acceptors (Lipinski definition) is 2. The minimum atomic E-state index is 0.418. The largest absolute Gasteiger partial charge is 0.382 e. The number of para-hydroxylation sites is 1. The predicted octanol–water partition coefficient (Wildman–Crippen LogP) is 2.15. The maximum atomic E-state index is 5.75. The van der Waals surface area contributed by atoms with Gasteiger partial charge in [0, 0.05) is 17.8 Å². The fraction of sp³-hybridized carbons (Fsp3) is 0.500. The van der Waals surface area contributed by atoms with E-state index in [0.717, 1.165) is 19.3 Å². The molecule has 0 bridgehead atoms. The van der Waals surface area contributed by atoms with Crippen molar-refractivity contribution < 1.29 is 0 Å². The third-order valence-electron chi connectivity index (χ3n) is 2.93. The molecular formula is C12H18N2. The van der Waals surface area contributed by atoms with Gasteiger partial charge in [0.2, 0.25) is 0 Å². The Kier molecular flexibility index (Phi) is 2.73. The maximum Gasteiger partial charge on any atom is 0.0374 e. The van der Waals surface area contributed by atoms with Gasteiger partial charge < -0.3 is 11.1 Å². The third kappa shape index (κ3) is 1.90. The standard InChI is InChI=1S/C12H18N2/c1-2-9-5-3-4-6-12(9)14-11-7-10(13)8-11/h3-6,10-11,14H,2,7-8,13H2,1H3. The van der Waals surface area contributed by atoms with Crippen LogP contribution in [0.4, 0.5) is 5.69 Å². The highest BCUT2D eigenvalue weighted by Crippen LogP contribution is 2.24. The van der Waals surface area contributed by atoms with Gasteiger partial charge in [0.25, 0.3) is 0 Å². The van der Waals surface area contributed by atoms with Crippen LogP contribution in [0.25, 0.3) is 0 Å². The topological polar surface area (TPSA) is 38.0 Å². The molecule has 1 aliphatic rings. The summed E-state index contributed by atoms with van der Waals surface area (Å²) < 4.78 is 0. The van der Waals surface area contributed by atoms with Gasteiger partial charge in [-0.2, -0.15) is 0 Å². The van der Waals surface area contributed by atoms with Crippen molar-refractivity contribution in [3.05, 3.63) is 29.8 Å². The molecule has 1 aromatic rings. The monoisotopic (exact) mass is 190 g/mol. The Morgan fingerprint density at radius 1 is 1.36 bits per heavy atom. The van der Waals surface area contributed by atoms with Crippen molar-refractivity contribution in [2.75, 3.05) is 5.32 Å². The predicted molar refractivity (Wildman–Crippen MR) is 60.4 cm³/mol. The second-order valence-electron chi connectivity index (χ2n) is 4.08. The molecule has 0 amide bonds. The van der Waals surface area contributed by atoms with Crippen LogP contribution in [0.5, 0.6) is 0 Å². The molecule has 0 aromatic heterocycles. The van der Waals surface area contributed by atoms with Crippen molar-refractivity contribution in [3.63, 3.8) is 0 Å². The molecule has 0 spiro atoms. The number of nitrogens with two attached hydrogens (primary N) is 1. The fourth-order valence-electron chi connectivity index (χ4n) is 1.97. The second kappa shape index (κ2) is 4.01. The first-order chi connectivity index (χ1) is 6.79. The molecule has 2 heteroatoms. The van der Waals surface area contributed by atoms with Gasteiger partial charge in [0.1, 0.15) is 0 Å². The lowest BCUT2D eigenvalue weighted by molar-refractivity contribution is 0.373. The smallest absolute Gasteiger partial charge is 0.0374 e. The summed E-state index contributed by atoms with van der Waals surface area (Å²) in [5.41, 5.74) is 8.43. The van der Waals surface area contributed by atoms with Gasteiger partial charge in [-0.05, 0) is 30.9 Å². The van der Waals surface area contributed by atoms with Crippen molar-refractivity contribution in [2.45, 2.75) is 38.3 Å². The first-order valence-corrected chi connectivity index (χ1v) is 5.39. The summed E-state index contributed by atoms with van der Waals surface area (Å²) >= 11 is 0. The summed E-state index contributed by atoms with van der Waals surface area (Å²) in [5, 5.41) is 3.55. The highest BCUT2D eigenvalue weighted by Gasteiger charge is 2.25. The van der Waals surface area contributed by atoms with Crippen LogP contribution in [-0.2, 0) is 6.42 Å². The molecule has 2 rings (SSSR count). The Hall–Kier alpha value is -1.02. The molecular weight excluding hydrogens is 172 g/mol. The van der Waals surface area contributed by atoms with Crippen molar-refractivity contribution in [2.24, 2.45) is 5.73 Å². The molecule has 0 atom stereocenters. The third-order valence-corrected chi connectivity index (χ3v) is 2.93. The minimum Gasteiger partial charge on any atom is -0.382 e. The number of nitrogens with one attached hydrogen (secondary N) is 1. The van der Waals surface area contributed by atoms with Crippen molar-refractivity contribution in [3.8, 4) is 0 Å². The Balaban J connectivity index is 2.01. The van der Waals surface area contributed by atoms with Crippen LogP contribution in [-0.4, -0.2) is 12.1 Å². The summed E-state index contributed by atoms with van der Waals surface area (Å²) in [6.07, 6.45) is 3.30. The second-order valence-corrected chi connectivity index (χ2v) is 4.08. The Labute approximate surface area is 85.5 Å². The number of anilines is 1. The normalized spacial score (nSPS) is 25.6. The molecule has 3 N–H and O–H groups in total. The zero-order valence-corrected chi connectivity index (χ0v) is 8.66. The average Bonchev–Trinajstić information content (AvgIpc) is 2.16. The fourth-order valence-corrected chi connectivity index (χ4v) is 1.97. The Morgan fingerprint density at radius 2 is 2.07 bits per heavy atom. The maximum absolute atomic E-state index is 5.75. The lowest BCUT2D eigenvalue weighted by Crippen LogP contribution is -2.44. The van der Waals surface area contributed by atoms with E-state index in [0.29, 0.717) is 12.1 Å². The van der Waals surface area contributed by atoms with E-state index in [9.17, 15) is 0 Å². The van der Waals surface area contributed by atoms with Gasteiger partial charge in [-0.15, -0.1) is 0 Å². The number of benzene rings is 1. The van der Waals surface area contributed by atoms with Gasteiger partial charge in [-0.3, -0.25) is 0 Å². The molecule has 1 aliphatic carbocycles. The van der Waals surface area contributed by atoms with E-state index in [1.54, 1.807) is 0 Å². The van der Waals surface area contributed by atoms with Gasteiger partial charge in [0.15, 0.2) is 0 Å². The molecule has 1 aromatic carbocycles. The molecule has 1 saturated carbocycles. The summed E-state index contributed by atoms with van der Waals surface area (Å²) in [5.74, 6) is 0. The summed E-state index contributed by atoms with van der Waals surface area (Å²) in [7, 11) is 0. The van der Waals surface area contributed by atoms with Crippen LogP contribution in [0, 0.1) is 0 Å². The van der Waals surface area contributed by atoms with Gasteiger partial charge >= 0.3 is 0 Å².